The molecule has 6 nitrogen and oxygen atoms in total. The highest BCUT2D eigenvalue weighted by atomic mass is 16.2. The molecule has 21 heavy (non-hydrogen) atoms. The predicted octanol–water partition coefficient (Wildman–Crippen LogP) is 0.128. The fourth-order valence-corrected chi connectivity index (χ4v) is 3.79. The van der Waals surface area contributed by atoms with Crippen molar-refractivity contribution in [1.82, 2.24) is 15.1 Å². The van der Waals surface area contributed by atoms with E-state index in [9.17, 15) is 14.4 Å². The number of imide groups is 1. The van der Waals surface area contributed by atoms with Crippen LogP contribution in [0.25, 0.3) is 0 Å². The number of amides is 3. The van der Waals surface area contributed by atoms with Gasteiger partial charge in [-0.15, -0.1) is 0 Å². The smallest absolute Gasteiger partial charge is 0.242 e. The molecule has 1 saturated carbocycles. The van der Waals surface area contributed by atoms with Crippen molar-refractivity contribution in [3.63, 3.8) is 0 Å². The molecule has 0 aromatic carbocycles. The monoisotopic (exact) mass is 293 g/mol. The molecule has 3 aliphatic rings. The molecule has 3 fully saturated rings. The number of carbonyl (C=O) groups is 3. The zero-order chi connectivity index (χ0) is 14.9. The molecule has 0 aromatic rings. The van der Waals surface area contributed by atoms with Gasteiger partial charge in [-0.25, -0.2) is 0 Å². The molecular formula is C15H23N3O3. The van der Waals surface area contributed by atoms with Crippen molar-refractivity contribution in [1.29, 1.82) is 0 Å². The van der Waals surface area contributed by atoms with Crippen LogP contribution >= 0.6 is 0 Å². The number of likely N-dealkylation sites (tertiary alicyclic amines) is 1. The minimum Gasteiger partial charge on any atom is -0.339 e. The predicted molar refractivity (Wildman–Crippen MR) is 76.3 cm³/mol. The molecule has 0 unspecified atom stereocenters. The van der Waals surface area contributed by atoms with Gasteiger partial charge in [0.2, 0.25) is 17.7 Å². The van der Waals surface area contributed by atoms with Crippen molar-refractivity contribution in [3.8, 4) is 0 Å². The van der Waals surface area contributed by atoms with Gasteiger partial charge in [-0.3, -0.25) is 19.3 Å². The van der Waals surface area contributed by atoms with Crippen LogP contribution in [0.2, 0.25) is 0 Å². The molecule has 1 N–H and O–H groups in total. The summed E-state index contributed by atoms with van der Waals surface area (Å²) in [5.74, 6) is -0.368. The van der Waals surface area contributed by atoms with Crippen LogP contribution in [0, 0.1) is 5.41 Å². The Bertz CT molecular complexity index is 451. The first-order valence-electron chi connectivity index (χ1n) is 7.96. The van der Waals surface area contributed by atoms with Gasteiger partial charge in [0.05, 0.1) is 5.41 Å². The summed E-state index contributed by atoms with van der Waals surface area (Å²) in [6.07, 6.45) is 5.08. The van der Waals surface area contributed by atoms with Gasteiger partial charge in [-0.1, -0.05) is 19.3 Å². The van der Waals surface area contributed by atoms with Gasteiger partial charge >= 0.3 is 0 Å². The van der Waals surface area contributed by atoms with Crippen molar-refractivity contribution in [3.05, 3.63) is 0 Å². The van der Waals surface area contributed by atoms with Gasteiger partial charge in [0, 0.05) is 32.6 Å². The molecule has 6 heteroatoms. The maximum atomic E-state index is 12.6. The SMILES string of the molecule is O=C(CN1C(=O)CC2(CCCCC2)C1=O)N1CCNCC1. The van der Waals surface area contributed by atoms with E-state index >= 15 is 0 Å². The Morgan fingerprint density at radius 3 is 2.43 bits per heavy atom. The third-order valence-electron chi connectivity index (χ3n) is 5.06. The van der Waals surface area contributed by atoms with E-state index in [1.807, 2.05) is 0 Å². The molecule has 0 bridgehead atoms. The molecule has 116 valence electrons. The highest BCUT2D eigenvalue weighted by Gasteiger charge is 2.51. The Kier molecular flexibility index (Phi) is 3.97. The fraction of sp³-hybridized carbons (Fsp3) is 0.800. The zero-order valence-electron chi connectivity index (χ0n) is 12.4. The normalized spacial score (nSPS) is 25.7. The van der Waals surface area contributed by atoms with Crippen LogP contribution in [0.5, 0.6) is 0 Å². The molecule has 1 aliphatic carbocycles. The summed E-state index contributed by atoms with van der Waals surface area (Å²) in [6.45, 7) is 2.79. The summed E-state index contributed by atoms with van der Waals surface area (Å²) in [5.41, 5.74) is -0.487. The first kappa shape index (κ1) is 14.5. The van der Waals surface area contributed by atoms with Crippen molar-refractivity contribution in [2.45, 2.75) is 38.5 Å². The number of hydrogen-bond donors (Lipinski definition) is 1. The van der Waals surface area contributed by atoms with Crippen LogP contribution < -0.4 is 5.32 Å². The molecule has 3 rings (SSSR count). The van der Waals surface area contributed by atoms with Gasteiger partial charge in [0.25, 0.3) is 0 Å². The quantitative estimate of drug-likeness (QED) is 0.735. The molecule has 2 heterocycles. The van der Waals surface area contributed by atoms with Gasteiger partial charge in [-0.2, -0.15) is 0 Å². The number of carbonyl (C=O) groups excluding carboxylic acids is 3. The third-order valence-corrected chi connectivity index (χ3v) is 5.06. The summed E-state index contributed by atoms with van der Waals surface area (Å²) in [5, 5.41) is 3.19. The molecule has 3 amide bonds. The first-order valence-corrected chi connectivity index (χ1v) is 7.96. The van der Waals surface area contributed by atoms with E-state index in [2.05, 4.69) is 5.32 Å². The minimum atomic E-state index is -0.487. The second kappa shape index (κ2) is 5.75. The topological polar surface area (TPSA) is 69.7 Å². The van der Waals surface area contributed by atoms with E-state index < -0.39 is 5.41 Å². The standard InChI is InChI=1S/C15H23N3O3/c19-12-10-15(4-2-1-3-5-15)14(21)18(12)11-13(20)17-8-6-16-7-9-17/h16H,1-11H2. The van der Waals surface area contributed by atoms with E-state index in [1.54, 1.807) is 4.90 Å². The van der Waals surface area contributed by atoms with E-state index in [0.717, 1.165) is 45.2 Å². The minimum absolute atomic E-state index is 0.0700. The maximum absolute atomic E-state index is 12.6. The second-order valence-electron chi connectivity index (χ2n) is 6.43. The lowest BCUT2D eigenvalue weighted by Crippen LogP contribution is -2.50. The Morgan fingerprint density at radius 1 is 1.10 bits per heavy atom. The Morgan fingerprint density at radius 2 is 1.76 bits per heavy atom. The van der Waals surface area contributed by atoms with Crippen molar-refractivity contribution < 1.29 is 14.4 Å². The lowest BCUT2D eigenvalue weighted by Gasteiger charge is -2.31. The molecule has 1 spiro atoms. The Balaban J connectivity index is 1.66. The highest BCUT2D eigenvalue weighted by molar-refractivity contribution is 6.08. The summed E-state index contributed by atoms with van der Waals surface area (Å²) < 4.78 is 0. The van der Waals surface area contributed by atoms with Gasteiger partial charge < -0.3 is 10.2 Å². The summed E-state index contributed by atoms with van der Waals surface area (Å²) in [6, 6.07) is 0. The summed E-state index contributed by atoms with van der Waals surface area (Å²) >= 11 is 0. The van der Waals surface area contributed by atoms with Crippen LogP contribution in [0.3, 0.4) is 0 Å². The highest BCUT2D eigenvalue weighted by Crippen LogP contribution is 2.45. The van der Waals surface area contributed by atoms with Crippen LogP contribution in [0.4, 0.5) is 0 Å². The van der Waals surface area contributed by atoms with Crippen molar-refractivity contribution in [2.24, 2.45) is 5.41 Å². The van der Waals surface area contributed by atoms with Crippen LogP contribution in [0.15, 0.2) is 0 Å². The Hall–Kier alpha value is -1.43. The van der Waals surface area contributed by atoms with E-state index in [0.29, 0.717) is 19.5 Å². The average Bonchev–Trinajstić information content (AvgIpc) is 2.73. The van der Waals surface area contributed by atoms with Crippen molar-refractivity contribution in [2.75, 3.05) is 32.7 Å². The molecule has 0 atom stereocenters. The molecule has 0 aromatic heterocycles. The molecule has 0 radical (unpaired) electrons. The average molecular weight is 293 g/mol. The number of nitrogens with one attached hydrogen (secondary N) is 1. The third kappa shape index (κ3) is 2.69. The van der Waals surface area contributed by atoms with Crippen molar-refractivity contribution >= 4 is 17.7 Å². The molecule has 2 aliphatic heterocycles. The van der Waals surface area contributed by atoms with Crippen LogP contribution in [-0.4, -0.2) is 60.2 Å². The van der Waals surface area contributed by atoms with Crippen LogP contribution in [0.1, 0.15) is 38.5 Å². The van der Waals surface area contributed by atoms with E-state index in [-0.39, 0.29) is 24.3 Å². The zero-order valence-corrected chi connectivity index (χ0v) is 12.4. The molecular weight excluding hydrogens is 270 g/mol. The number of rotatable bonds is 2. The van der Waals surface area contributed by atoms with Gasteiger partial charge in [0.15, 0.2) is 0 Å². The summed E-state index contributed by atoms with van der Waals surface area (Å²) in [4.78, 5) is 40.1. The van der Waals surface area contributed by atoms with Crippen LogP contribution in [-0.2, 0) is 14.4 Å². The Labute approximate surface area is 124 Å². The lowest BCUT2D eigenvalue weighted by molar-refractivity contribution is -0.148. The maximum Gasteiger partial charge on any atom is 0.242 e. The first-order chi connectivity index (χ1) is 10.1. The number of hydrogen-bond acceptors (Lipinski definition) is 4. The fourth-order valence-electron chi connectivity index (χ4n) is 3.79. The van der Waals surface area contributed by atoms with E-state index in [4.69, 9.17) is 0 Å². The number of piperazine rings is 1. The van der Waals surface area contributed by atoms with E-state index in [1.165, 1.54) is 4.90 Å². The summed E-state index contributed by atoms with van der Waals surface area (Å²) in [7, 11) is 0. The molecule has 2 saturated heterocycles. The number of nitrogens with zero attached hydrogens (tertiary/aromatic N) is 2. The lowest BCUT2D eigenvalue weighted by atomic mass is 9.73. The van der Waals surface area contributed by atoms with Gasteiger partial charge in [-0.05, 0) is 12.8 Å². The largest absolute Gasteiger partial charge is 0.339 e. The second-order valence-corrected chi connectivity index (χ2v) is 6.43. The van der Waals surface area contributed by atoms with Gasteiger partial charge in [0.1, 0.15) is 6.54 Å².